The summed E-state index contributed by atoms with van der Waals surface area (Å²) in [6.07, 6.45) is 9.65. The molecule has 0 bridgehead atoms. The Hall–Kier alpha value is -12.3. The topological polar surface area (TPSA) is 322 Å². The minimum absolute atomic E-state index is 0.0267. The highest BCUT2D eigenvalue weighted by molar-refractivity contribution is 6.32. The number of hydrogen-bond donors (Lipinski definition) is 0. The van der Waals surface area contributed by atoms with Crippen LogP contribution in [0.15, 0.2) is 243 Å². The average molecular weight is 1990 g/mol. The second-order valence-corrected chi connectivity index (χ2v) is 38.5. The highest BCUT2D eigenvalue weighted by Gasteiger charge is 2.41. The highest BCUT2D eigenvalue weighted by atomic mass is 35.5. The van der Waals surface area contributed by atoms with E-state index in [1.807, 2.05) is 0 Å². The Morgan fingerprint density at radius 1 is 0.268 bits per heavy atom. The predicted molar refractivity (Wildman–Crippen MR) is 540 cm³/mol. The van der Waals surface area contributed by atoms with Gasteiger partial charge < -0.3 is 33.4 Å². The van der Waals surface area contributed by atoms with Gasteiger partial charge in [-0.1, -0.05) is 139 Å². The Bertz CT molecular complexity index is 5580. The van der Waals surface area contributed by atoms with Crippen molar-refractivity contribution >= 4 is 116 Å². The number of rotatable bonds is 47. The number of hydrogen-bond acceptors (Lipinski definition) is 21. The number of halogens is 5. The predicted octanol–water partition coefficient (Wildman–Crippen LogP) is 27.5. The maximum absolute atomic E-state index is 13.1. The van der Waals surface area contributed by atoms with Crippen LogP contribution in [0.5, 0.6) is 28.7 Å². The fraction of sp³-hybridized carbons (Fsp3) is 0.364. The van der Waals surface area contributed by atoms with E-state index in [-0.39, 0.29) is 70.3 Å². The molecule has 10 aromatic rings. The Kier molecular flexibility index (Phi) is 44.5. The first kappa shape index (κ1) is 114. The van der Waals surface area contributed by atoms with E-state index in [9.17, 15) is 68.2 Å². The van der Waals surface area contributed by atoms with E-state index in [4.69, 9.17) is 81.7 Å². The molecule has 734 valence electrons. The molecular formula is C110H123Cl5N2O21. The summed E-state index contributed by atoms with van der Waals surface area (Å²) in [5, 5.41) is 22.2. The molecule has 0 saturated carbocycles. The van der Waals surface area contributed by atoms with Gasteiger partial charge in [-0.2, -0.15) is 0 Å². The molecule has 138 heavy (non-hydrogen) atoms. The van der Waals surface area contributed by atoms with Crippen LogP contribution in [-0.4, -0.2) is 109 Å². The minimum atomic E-state index is -1.40. The summed E-state index contributed by atoms with van der Waals surface area (Å²) in [4.78, 5) is 155. The molecule has 0 N–H and O–H groups in total. The molecular weight excluding hydrogens is 1860 g/mol. The molecule has 0 fully saturated rings. The zero-order valence-electron chi connectivity index (χ0n) is 81.3. The SMILES string of the molecule is CCC(=O)C(C)(C)Oc1ccc(C(=O)c2ccc(Cl)cc2)cc1.CCC(C)(C)CCC(=O)C(C)(C)Oc1ccc(C(=O)c2ccc(Cl)cc2)cc1.CCC(CO[N+](=O)[O-])(CO[N+](=O)[O-])CC(=O)C(C)(C)Oc1ccc(C(=O)c2ccc(Cl)cc2)cc1.CCCCCC(=O)C(C)(C)Oc1ccc(C(=O)c2ccc(Cl)cc2)cc1.CCCCCC(=O)C(C)(C)Oc1ccc(C(=O)c2ccc(Cl)cc2)cc1. The van der Waals surface area contributed by atoms with Gasteiger partial charge in [0, 0.05) is 118 Å². The van der Waals surface area contributed by atoms with E-state index in [1.54, 1.807) is 300 Å². The van der Waals surface area contributed by atoms with Crippen LogP contribution in [0, 0.1) is 31.1 Å². The lowest BCUT2D eigenvalue weighted by molar-refractivity contribution is -0.772. The molecule has 0 spiro atoms. The van der Waals surface area contributed by atoms with Crippen molar-refractivity contribution in [3.8, 4) is 28.7 Å². The molecule has 0 heterocycles. The molecule has 0 amide bonds. The summed E-state index contributed by atoms with van der Waals surface area (Å²) in [5.41, 5.74) is -0.701. The first-order valence-corrected chi connectivity index (χ1v) is 47.5. The van der Waals surface area contributed by atoms with E-state index in [2.05, 4.69) is 44.3 Å². The highest BCUT2D eigenvalue weighted by Crippen LogP contribution is 2.36. The van der Waals surface area contributed by atoms with E-state index >= 15 is 0 Å². The third-order valence-corrected chi connectivity index (χ3v) is 24.2. The van der Waals surface area contributed by atoms with Gasteiger partial charge in [-0.05, 0) is 343 Å². The standard InChI is InChI=1S/C24H29ClO3.C23H25ClN2O9.2C22H25ClO3.C19H19ClO3/c1-6-23(2,3)16-15-21(26)24(4,5)28-20-13-9-18(10-14-20)22(27)17-7-11-19(25)12-8-17;1-4-23(14-33-25(29)30,15-34-26(31)32)13-20(27)22(2,3)35-19-11-7-17(8-12-19)21(28)16-5-9-18(24)10-6-16;2*1-4-5-6-7-20(24)22(2,3)26-19-14-10-17(11-15-19)21(25)16-8-12-18(23)13-9-16;1-4-17(21)19(2,3)23-16-11-7-14(8-12-16)18(22)13-5-9-15(20)10-6-13/h7-14H,6,15-16H2,1-5H3;5-12H,4,13-15H2,1-3H3;2*8-15H,4-7H2,1-3H3;5-12H,4H2,1-3H3. The molecule has 0 aliphatic carbocycles. The molecule has 0 unspecified atom stereocenters. The lowest BCUT2D eigenvalue weighted by atomic mass is 9.79. The van der Waals surface area contributed by atoms with Crippen LogP contribution in [-0.2, 0) is 33.6 Å². The van der Waals surface area contributed by atoms with Crippen LogP contribution >= 0.6 is 58.0 Å². The Balaban J connectivity index is 0.000000266. The summed E-state index contributed by atoms with van der Waals surface area (Å²) in [6.45, 7) is 30.2. The third kappa shape index (κ3) is 37.2. The fourth-order valence-corrected chi connectivity index (χ4v) is 14.0. The fourth-order valence-electron chi connectivity index (χ4n) is 13.4. The zero-order chi connectivity index (χ0) is 103. The van der Waals surface area contributed by atoms with Crippen molar-refractivity contribution in [1.82, 2.24) is 0 Å². The zero-order valence-corrected chi connectivity index (χ0v) is 85.0. The van der Waals surface area contributed by atoms with Crippen molar-refractivity contribution < 1.29 is 91.5 Å². The van der Waals surface area contributed by atoms with Crippen LogP contribution in [0.25, 0.3) is 0 Å². The number of ether oxygens (including phenoxy) is 5. The van der Waals surface area contributed by atoms with Crippen LogP contribution in [0.1, 0.15) is 287 Å². The van der Waals surface area contributed by atoms with Gasteiger partial charge >= 0.3 is 0 Å². The van der Waals surface area contributed by atoms with Crippen molar-refractivity contribution in [2.45, 2.75) is 236 Å². The number of nitrogens with zero attached hydrogens (tertiary/aromatic N) is 2. The van der Waals surface area contributed by atoms with Gasteiger partial charge in [-0.25, -0.2) is 0 Å². The van der Waals surface area contributed by atoms with Crippen molar-refractivity contribution in [1.29, 1.82) is 0 Å². The van der Waals surface area contributed by atoms with E-state index in [0.717, 1.165) is 51.4 Å². The van der Waals surface area contributed by atoms with Crippen molar-refractivity contribution in [2.24, 2.45) is 10.8 Å². The largest absolute Gasteiger partial charge is 0.480 e. The summed E-state index contributed by atoms with van der Waals surface area (Å²) in [7, 11) is 0. The molecule has 28 heteroatoms. The van der Waals surface area contributed by atoms with E-state index in [1.165, 1.54) is 26.0 Å². The molecule has 0 aromatic heterocycles. The number of Topliss-reactive ketones (excluding diaryl/α,β-unsaturated/α-hetero) is 5. The maximum Gasteiger partial charge on any atom is 0.294 e. The molecule has 23 nitrogen and oxygen atoms in total. The minimum Gasteiger partial charge on any atom is -0.480 e. The summed E-state index contributed by atoms with van der Waals surface area (Å²) >= 11 is 29.3. The summed E-state index contributed by atoms with van der Waals surface area (Å²) in [6, 6.07) is 67.2. The third-order valence-electron chi connectivity index (χ3n) is 22.9. The van der Waals surface area contributed by atoms with E-state index < -0.39 is 62.6 Å². The number of carbonyl (C=O) groups excluding carboxylic acids is 10. The monoisotopic (exact) mass is 1980 g/mol. The van der Waals surface area contributed by atoms with Gasteiger partial charge in [0.2, 0.25) is 0 Å². The molecule has 10 rings (SSSR count). The molecule has 0 aliphatic rings. The quantitative estimate of drug-likeness (QED) is 0.0148. The molecule has 10 aromatic carbocycles. The van der Waals surface area contributed by atoms with Gasteiger partial charge in [-0.15, -0.1) is 20.2 Å². The van der Waals surface area contributed by atoms with Crippen molar-refractivity contribution in [3.05, 3.63) is 344 Å². The van der Waals surface area contributed by atoms with Crippen LogP contribution < -0.4 is 23.7 Å². The second-order valence-electron chi connectivity index (χ2n) is 36.3. The van der Waals surface area contributed by atoms with Crippen LogP contribution in [0.2, 0.25) is 25.1 Å². The number of benzene rings is 10. The smallest absolute Gasteiger partial charge is 0.294 e. The van der Waals surface area contributed by atoms with Crippen LogP contribution in [0.4, 0.5) is 0 Å². The second kappa shape index (κ2) is 53.6. The Labute approximate surface area is 833 Å². The van der Waals surface area contributed by atoms with Gasteiger partial charge in [0.1, 0.15) is 42.0 Å². The van der Waals surface area contributed by atoms with Gasteiger partial charge in [0.25, 0.3) is 10.2 Å². The number of ketones is 10. The first-order chi connectivity index (χ1) is 64.9. The average Bonchev–Trinajstić information content (AvgIpc) is 0.688. The Morgan fingerprint density at radius 2 is 0.464 bits per heavy atom. The number of unbranched alkanes of at least 4 members (excludes halogenated alkanes) is 4. The van der Waals surface area contributed by atoms with Gasteiger partial charge in [-0.3, -0.25) is 47.9 Å². The molecule has 0 atom stereocenters. The summed E-state index contributed by atoms with van der Waals surface area (Å²) in [5.74, 6) is 1.86. The normalized spacial score (nSPS) is 11.4. The maximum atomic E-state index is 13.1. The molecule has 0 radical (unpaired) electrons. The lowest BCUT2D eigenvalue weighted by Gasteiger charge is -2.33. The van der Waals surface area contributed by atoms with Crippen molar-refractivity contribution in [3.63, 3.8) is 0 Å². The summed E-state index contributed by atoms with van der Waals surface area (Å²) < 4.78 is 29.3. The first-order valence-electron chi connectivity index (χ1n) is 45.6. The Morgan fingerprint density at radius 3 is 0.652 bits per heavy atom. The van der Waals surface area contributed by atoms with Crippen LogP contribution in [0.3, 0.4) is 0 Å². The molecule has 0 aliphatic heterocycles. The van der Waals surface area contributed by atoms with E-state index in [0.29, 0.717) is 135 Å². The molecule has 0 saturated heterocycles. The lowest BCUT2D eigenvalue weighted by Crippen LogP contribution is -2.44. The number of carbonyl (C=O) groups is 10. The van der Waals surface area contributed by atoms with Crippen molar-refractivity contribution in [2.75, 3.05) is 13.2 Å². The van der Waals surface area contributed by atoms with Gasteiger partial charge in [0.15, 0.2) is 85.8 Å². The van der Waals surface area contributed by atoms with Gasteiger partial charge in [0.05, 0.1) is 0 Å².